The highest BCUT2D eigenvalue weighted by atomic mass is 19.1. The lowest BCUT2D eigenvalue weighted by atomic mass is 9.97. The molecule has 0 spiro atoms. The number of amides is 1. The van der Waals surface area contributed by atoms with Crippen LogP contribution in [-0.4, -0.2) is 22.2 Å². The Labute approximate surface area is 133 Å². The lowest BCUT2D eigenvalue weighted by molar-refractivity contribution is 0.0947. The average Bonchev–Trinajstić information content (AvgIpc) is 2.55. The van der Waals surface area contributed by atoms with Gasteiger partial charge in [-0.15, -0.1) is 0 Å². The van der Waals surface area contributed by atoms with E-state index >= 15 is 0 Å². The van der Waals surface area contributed by atoms with Gasteiger partial charge in [0.05, 0.1) is 17.8 Å². The van der Waals surface area contributed by atoms with E-state index in [1.165, 1.54) is 22.9 Å². The summed E-state index contributed by atoms with van der Waals surface area (Å²) in [6.07, 6.45) is 3.97. The van der Waals surface area contributed by atoms with Crippen LogP contribution in [0.25, 0.3) is 0 Å². The van der Waals surface area contributed by atoms with Gasteiger partial charge in [-0.05, 0) is 43.4 Å². The van der Waals surface area contributed by atoms with Crippen LogP contribution in [0.15, 0.2) is 35.1 Å². The number of aromatic nitrogens is 2. The zero-order chi connectivity index (χ0) is 16.2. The first-order valence-electron chi connectivity index (χ1n) is 7.78. The molecule has 23 heavy (non-hydrogen) atoms. The van der Waals surface area contributed by atoms with E-state index < -0.39 is 11.7 Å². The third kappa shape index (κ3) is 3.47. The van der Waals surface area contributed by atoms with Crippen LogP contribution in [0.1, 0.15) is 34.5 Å². The highest BCUT2D eigenvalue weighted by Crippen LogP contribution is 2.16. The Morgan fingerprint density at radius 3 is 2.87 bits per heavy atom. The van der Waals surface area contributed by atoms with E-state index in [0.717, 1.165) is 36.9 Å². The van der Waals surface area contributed by atoms with Crippen molar-refractivity contribution in [3.63, 3.8) is 0 Å². The number of aryl methyl sites for hydroxylation is 2. The van der Waals surface area contributed by atoms with Gasteiger partial charge in [-0.2, -0.15) is 5.10 Å². The predicted molar refractivity (Wildman–Crippen MR) is 83.9 cm³/mol. The minimum absolute atomic E-state index is 0.00162. The van der Waals surface area contributed by atoms with Gasteiger partial charge in [-0.1, -0.05) is 12.1 Å². The second-order valence-electron chi connectivity index (χ2n) is 5.62. The Balaban J connectivity index is 1.64. The first-order valence-corrected chi connectivity index (χ1v) is 7.78. The fourth-order valence-electron chi connectivity index (χ4n) is 2.78. The molecule has 0 bridgehead atoms. The van der Waals surface area contributed by atoms with E-state index in [9.17, 15) is 14.0 Å². The second kappa shape index (κ2) is 6.73. The van der Waals surface area contributed by atoms with Gasteiger partial charge in [0, 0.05) is 12.6 Å². The number of rotatable bonds is 4. The standard InChI is InChI=1S/C17H18FN3O2/c18-14-7-3-2-6-13(14)17(23)19-9-10-21-16(22)11-12-5-1-4-8-15(12)20-21/h2-3,6-7,11H,1,4-5,8-10H2,(H,19,23). The summed E-state index contributed by atoms with van der Waals surface area (Å²) in [5, 5.41) is 7.00. The molecule has 1 aromatic carbocycles. The molecular weight excluding hydrogens is 297 g/mol. The zero-order valence-electron chi connectivity index (χ0n) is 12.7. The van der Waals surface area contributed by atoms with E-state index in [0.29, 0.717) is 0 Å². The molecule has 0 saturated carbocycles. The summed E-state index contributed by atoms with van der Waals surface area (Å²) in [5.74, 6) is -1.05. The van der Waals surface area contributed by atoms with Gasteiger partial charge in [-0.25, -0.2) is 9.07 Å². The Morgan fingerprint density at radius 1 is 1.26 bits per heavy atom. The Morgan fingerprint density at radius 2 is 2.04 bits per heavy atom. The van der Waals surface area contributed by atoms with Crippen LogP contribution in [0, 0.1) is 5.82 Å². The molecule has 1 aromatic heterocycles. The molecule has 1 N–H and O–H groups in total. The van der Waals surface area contributed by atoms with Crippen molar-refractivity contribution in [2.75, 3.05) is 6.54 Å². The van der Waals surface area contributed by atoms with Crippen LogP contribution in [-0.2, 0) is 19.4 Å². The van der Waals surface area contributed by atoms with Crippen LogP contribution in [0.4, 0.5) is 4.39 Å². The van der Waals surface area contributed by atoms with Crippen molar-refractivity contribution in [2.45, 2.75) is 32.2 Å². The van der Waals surface area contributed by atoms with Crippen LogP contribution in [0.3, 0.4) is 0 Å². The summed E-state index contributed by atoms with van der Waals surface area (Å²) in [7, 11) is 0. The maximum absolute atomic E-state index is 13.5. The molecule has 0 fully saturated rings. The molecule has 5 nitrogen and oxygen atoms in total. The SMILES string of the molecule is O=C(NCCn1nc2c(cc1=O)CCCC2)c1ccccc1F. The first-order chi connectivity index (χ1) is 11.1. The van der Waals surface area contributed by atoms with Crippen molar-refractivity contribution in [1.82, 2.24) is 15.1 Å². The van der Waals surface area contributed by atoms with Crippen LogP contribution in [0.5, 0.6) is 0 Å². The lowest BCUT2D eigenvalue weighted by Crippen LogP contribution is -2.33. The molecular formula is C17H18FN3O2. The molecule has 2 aromatic rings. The normalized spacial score (nSPS) is 13.4. The van der Waals surface area contributed by atoms with Crippen LogP contribution < -0.4 is 10.9 Å². The Bertz CT molecular complexity index is 786. The fraction of sp³-hybridized carbons (Fsp3) is 0.353. The maximum Gasteiger partial charge on any atom is 0.267 e. The van der Waals surface area contributed by atoms with Gasteiger partial charge in [0.1, 0.15) is 5.82 Å². The number of nitrogens with zero attached hydrogens (tertiary/aromatic N) is 2. The molecule has 3 rings (SSSR count). The van der Waals surface area contributed by atoms with Crippen molar-refractivity contribution in [2.24, 2.45) is 0 Å². The van der Waals surface area contributed by atoms with E-state index in [4.69, 9.17) is 0 Å². The van der Waals surface area contributed by atoms with E-state index in [1.807, 2.05) is 0 Å². The van der Waals surface area contributed by atoms with Crippen molar-refractivity contribution in [1.29, 1.82) is 0 Å². The molecule has 1 heterocycles. The molecule has 0 aliphatic heterocycles. The van der Waals surface area contributed by atoms with Gasteiger partial charge >= 0.3 is 0 Å². The van der Waals surface area contributed by atoms with Gasteiger partial charge in [0.2, 0.25) is 0 Å². The summed E-state index contributed by atoms with van der Waals surface area (Å²) in [6.45, 7) is 0.491. The number of benzene rings is 1. The topological polar surface area (TPSA) is 64.0 Å². The van der Waals surface area contributed by atoms with Crippen LogP contribution >= 0.6 is 0 Å². The minimum atomic E-state index is -0.561. The predicted octanol–water partition coefficient (Wildman–Crippen LogP) is 1.69. The number of carbonyl (C=O) groups excluding carboxylic acids is 1. The zero-order valence-corrected chi connectivity index (χ0v) is 12.7. The van der Waals surface area contributed by atoms with Crippen molar-refractivity contribution < 1.29 is 9.18 Å². The van der Waals surface area contributed by atoms with E-state index in [2.05, 4.69) is 10.4 Å². The van der Waals surface area contributed by atoms with Crippen molar-refractivity contribution in [3.8, 4) is 0 Å². The molecule has 0 saturated heterocycles. The molecule has 6 heteroatoms. The molecule has 1 aliphatic carbocycles. The number of hydrogen-bond acceptors (Lipinski definition) is 3. The number of hydrogen-bond donors (Lipinski definition) is 1. The molecule has 0 radical (unpaired) electrons. The highest BCUT2D eigenvalue weighted by Gasteiger charge is 2.14. The maximum atomic E-state index is 13.5. The monoisotopic (exact) mass is 315 g/mol. The second-order valence-corrected chi connectivity index (χ2v) is 5.62. The number of carbonyl (C=O) groups is 1. The largest absolute Gasteiger partial charge is 0.350 e. The molecule has 120 valence electrons. The Kier molecular flexibility index (Phi) is 4.50. The third-order valence-electron chi connectivity index (χ3n) is 4.00. The summed E-state index contributed by atoms with van der Waals surface area (Å²) in [6, 6.07) is 7.44. The minimum Gasteiger partial charge on any atom is -0.350 e. The summed E-state index contributed by atoms with van der Waals surface area (Å²) in [4.78, 5) is 23.9. The van der Waals surface area contributed by atoms with Gasteiger partial charge < -0.3 is 5.32 Å². The third-order valence-corrected chi connectivity index (χ3v) is 4.00. The summed E-state index contributed by atoms with van der Waals surface area (Å²) < 4.78 is 14.9. The molecule has 0 unspecified atom stereocenters. The van der Waals surface area contributed by atoms with Gasteiger partial charge in [-0.3, -0.25) is 9.59 Å². The fourth-order valence-corrected chi connectivity index (χ4v) is 2.78. The molecule has 1 aliphatic rings. The van der Waals surface area contributed by atoms with Crippen molar-refractivity contribution >= 4 is 5.91 Å². The first kappa shape index (κ1) is 15.4. The highest BCUT2D eigenvalue weighted by molar-refractivity contribution is 5.94. The van der Waals surface area contributed by atoms with E-state index in [1.54, 1.807) is 12.1 Å². The Hall–Kier alpha value is -2.50. The van der Waals surface area contributed by atoms with E-state index in [-0.39, 0.29) is 24.2 Å². The number of fused-ring (bicyclic) bond motifs is 1. The number of halogens is 1. The van der Waals surface area contributed by atoms with Crippen molar-refractivity contribution in [3.05, 3.63) is 63.3 Å². The quantitative estimate of drug-likeness (QED) is 0.934. The van der Waals surface area contributed by atoms with Crippen LogP contribution in [0.2, 0.25) is 0 Å². The molecule has 1 amide bonds. The van der Waals surface area contributed by atoms with Gasteiger partial charge in [0.15, 0.2) is 0 Å². The smallest absolute Gasteiger partial charge is 0.267 e. The van der Waals surface area contributed by atoms with Gasteiger partial charge in [0.25, 0.3) is 11.5 Å². The lowest BCUT2D eigenvalue weighted by Gasteiger charge is -2.16. The summed E-state index contributed by atoms with van der Waals surface area (Å²) in [5.41, 5.74) is 1.84. The average molecular weight is 315 g/mol. The molecule has 0 atom stereocenters. The summed E-state index contributed by atoms with van der Waals surface area (Å²) >= 11 is 0. The number of nitrogens with one attached hydrogen (secondary N) is 1.